The number of hydrogen-bond donors (Lipinski definition) is 1. The number of ether oxygens (including phenoxy) is 1. The summed E-state index contributed by atoms with van der Waals surface area (Å²) in [4.78, 5) is 20.0. The van der Waals surface area contributed by atoms with Gasteiger partial charge in [-0.2, -0.15) is 0 Å². The summed E-state index contributed by atoms with van der Waals surface area (Å²) < 4.78 is 5.58. The first-order valence-corrected chi connectivity index (χ1v) is 8.19. The van der Waals surface area contributed by atoms with Gasteiger partial charge in [-0.15, -0.1) is 0 Å². The number of thioether (sulfide) groups is 1. The minimum absolute atomic E-state index is 0.0860. The van der Waals surface area contributed by atoms with Crippen molar-refractivity contribution in [3.63, 3.8) is 0 Å². The molecular formula is C16H19N3O2S. The van der Waals surface area contributed by atoms with Gasteiger partial charge in [-0.25, -0.2) is 9.97 Å². The zero-order valence-corrected chi connectivity index (χ0v) is 13.3. The molecule has 0 aliphatic rings. The maximum atomic E-state index is 11.9. The SMILES string of the molecule is CCCCOc1ccc(NC(=O)CSc2ncccn2)cc1. The number of amides is 1. The fraction of sp³-hybridized carbons (Fsp3) is 0.312. The maximum Gasteiger partial charge on any atom is 0.234 e. The number of unbranched alkanes of at least 4 members (excludes halogenated alkanes) is 1. The molecule has 2 rings (SSSR count). The summed E-state index contributed by atoms with van der Waals surface area (Å²) in [5, 5.41) is 3.43. The normalized spacial score (nSPS) is 10.2. The Balaban J connectivity index is 1.76. The van der Waals surface area contributed by atoms with E-state index in [4.69, 9.17) is 4.74 Å². The minimum Gasteiger partial charge on any atom is -0.494 e. The molecule has 0 aliphatic carbocycles. The van der Waals surface area contributed by atoms with Crippen molar-refractivity contribution >= 4 is 23.4 Å². The van der Waals surface area contributed by atoms with Crippen molar-refractivity contribution in [1.29, 1.82) is 0 Å². The fourth-order valence-electron chi connectivity index (χ4n) is 1.66. The molecule has 2 aromatic rings. The van der Waals surface area contributed by atoms with E-state index in [-0.39, 0.29) is 11.7 Å². The van der Waals surface area contributed by atoms with Gasteiger partial charge in [0.05, 0.1) is 12.4 Å². The Hall–Kier alpha value is -2.08. The van der Waals surface area contributed by atoms with Crippen LogP contribution in [0.3, 0.4) is 0 Å². The van der Waals surface area contributed by atoms with Crippen molar-refractivity contribution in [2.75, 3.05) is 17.7 Å². The highest BCUT2D eigenvalue weighted by atomic mass is 32.2. The average molecular weight is 317 g/mol. The van der Waals surface area contributed by atoms with Crippen LogP contribution in [0.4, 0.5) is 5.69 Å². The van der Waals surface area contributed by atoms with Crippen LogP contribution in [0.25, 0.3) is 0 Å². The molecule has 5 nitrogen and oxygen atoms in total. The zero-order chi connectivity index (χ0) is 15.6. The van der Waals surface area contributed by atoms with Gasteiger partial charge in [0.15, 0.2) is 5.16 Å². The van der Waals surface area contributed by atoms with Gasteiger partial charge in [-0.05, 0) is 36.8 Å². The molecule has 0 saturated carbocycles. The van der Waals surface area contributed by atoms with Gasteiger partial charge in [0.2, 0.25) is 5.91 Å². The summed E-state index contributed by atoms with van der Waals surface area (Å²) in [5.41, 5.74) is 0.752. The number of nitrogens with one attached hydrogen (secondary N) is 1. The first kappa shape index (κ1) is 16.3. The molecule has 0 fully saturated rings. The fourth-order valence-corrected chi connectivity index (χ4v) is 2.26. The molecular weight excluding hydrogens is 298 g/mol. The first-order chi connectivity index (χ1) is 10.8. The number of aromatic nitrogens is 2. The van der Waals surface area contributed by atoms with E-state index >= 15 is 0 Å². The van der Waals surface area contributed by atoms with Crippen LogP contribution in [0.5, 0.6) is 5.75 Å². The highest BCUT2D eigenvalue weighted by molar-refractivity contribution is 7.99. The van der Waals surface area contributed by atoms with Crippen molar-refractivity contribution in [3.05, 3.63) is 42.7 Å². The second-order valence-corrected chi connectivity index (χ2v) is 5.54. The molecule has 1 N–H and O–H groups in total. The molecule has 0 unspecified atom stereocenters. The number of nitrogens with zero attached hydrogens (tertiary/aromatic N) is 2. The van der Waals surface area contributed by atoms with E-state index < -0.39 is 0 Å². The Morgan fingerprint density at radius 3 is 2.64 bits per heavy atom. The third-order valence-corrected chi connectivity index (χ3v) is 3.65. The smallest absolute Gasteiger partial charge is 0.234 e. The van der Waals surface area contributed by atoms with Crippen LogP contribution in [-0.2, 0) is 4.79 Å². The largest absolute Gasteiger partial charge is 0.494 e. The van der Waals surface area contributed by atoms with Crippen LogP contribution in [0.15, 0.2) is 47.9 Å². The first-order valence-electron chi connectivity index (χ1n) is 7.20. The van der Waals surface area contributed by atoms with Crippen molar-refractivity contribution in [2.45, 2.75) is 24.9 Å². The molecule has 0 spiro atoms. The van der Waals surface area contributed by atoms with Crippen LogP contribution >= 0.6 is 11.8 Å². The van der Waals surface area contributed by atoms with Gasteiger partial charge < -0.3 is 10.1 Å². The summed E-state index contributed by atoms with van der Waals surface area (Å²) in [7, 11) is 0. The number of benzene rings is 1. The molecule has 22 heavy (non-hydrogen) atoms. The third kappa shape index (κ3) is 5.73. The Labute approximate surface area is 134 Å². The van der Waals surface area contributed by atoms with E-state index in [0.717, 1.165) is 30.9 Å². The second-order valence-electron chi connectivity index (χ2n) is 4.59. The Bertz CT molecular complexity index is 576. The molecule has 0 bridgehead atoms. The van der Waals surface area contributed by atoms with Crippen molar-refractivity contribution in [1.82, 2.24) is 9.97 Å². The van der Waals surface area contributed by atoms with E-state index in [9.17, 15) is 4.79 Å². The van der Waals surface area contributed by atoms with Gasteiger partial charge in [0.25, 0.3) is 0 Å². The summed E-state index contributed by atoms with van der Waals surface area (Å²) in [6, 6.07) is 9.14. The molecule has 1 amide bonds. The Morgan fingerprint density at radius 1 is 1.23 bits per heavy atom. The van der Waals surface area contributed by atoms with E-state index in [1.54, 1.807) is 18.5 Å². The average Bonchev–Trinajstić information content (AvgIpc) is 2.56. The number of anilines is 1. The number of hydrogen-bond acceptors (Lipinski definition) is 5. The predicted molar refractivity (Wildman–Crippen MR) is 88.2 cm³/mol. The van der Waals surface area contributed by atoms with Crippen molar-refractivity contribution in [3.8, 4) is 5.75 Å². The molecule has 1 aromatic carbocycles. The lowest BCUT2D eigenvalue weighted by molar-refractivity contribution is -0.113. The summed E-state index contributed by atoms with van der Waals surface area (Å²) >= 11 is 1.31. The van der Waals surface area contributed by atoms with E-state index in [0.29, 0.717) is 5.16 Å². The standard InChI is InChI=1S/C16H19N3O2S/c1-2-3-11-21-14-7-5-13(6-8-14)19-15(20)12-22-16-17-9-4-10-18-16/h4-10H,2-3,11-12H2,1H3,(H,19,20). The summed E-state index contributed by atoms with van der Waals surface area (Å²) in [5.74, 6) is 1.01. The molecule has 1 heterocycles. The Morgan fingerprint density at radius 2 is 1.95 bits per heavy atom. The molecule has 6 heteroatoms. The van der Waals surface area contributed by atoms with Gasteiger partial charge in [-0.1, -0.05) is 25.1 Å². The number of carbonyl (C=O) groups is 1. The molecule has 0 atom stereocenters. The Kier molecular flexibility index (Phi) is 6.70. The monoisotopic (exact) mass is 317 g/mol. The predicted octanol–water partition coefficient (Wildman–Crippen LogP) is 3.39. The maximum absolute atomic E-state index is 11.9. The van der Waals surface area contributed by atoms with Gasteiger partial charge in [0, 0.05) is 18.1 Å². The number of rotatable bonds is 8. The highest BCUT2D eigenvalue weighted by Crippen LogP contribution is 2.17. The van der Waals surface area contributed by atoms with Crippen molar-refractivity contribution in [2.24, 2.45) is 0 Å². The van der Waals surface area contributed by atoms with E-state index in [1.165, 1.54) is 11.8 Å². The lowest BCUT2D eigenvalue weighted by Crippen LogP contribution is -2.14. The lowest BCUT2D eigenvalue weighted by Gasteiger charge is -2.07. The topological polar surface area (TPSA) is 64.1 Å². The van der Waals surface area contributed by atoms with E-state index in [2.05, 4.69) is 22.2 Å². The van der Waals surface area contributed by atoms with Crippen molar-refractivity contribution < 1.29 is 9.53 Å². The zero-order valence-electron chi connectivity index (χ0n) is 12.5. The summed E-state index contributed by atoms with van der Waals surface area (Å²) in [6.45, 7) is 2.84. The highest BCUT2D eigenvalue weighted by Gasteiger charge is 2.05. The molecule has 0 aliphatic heterocycles. The second kappa shape index (κ2) is 9.04. The van der Waals surface area contributed by atoms with Crippen LogP contribution in [0, 0.1) is 0 Å². The minimum atomic E-state index is -0.0860. The third-order valence-electron chi connectivity index (χ3n) is 2.78. The van der Waals surface area contributed by atoms with Gasteiger partial charge in [0.1, 0.15) is 5.75 Å². The van der Waals surface area contributed by atoms with Gasteiger partial charge in [-0.3, -0.25) is 4.79 Å². The van der Waals surface area contributed by atoms with Crippen LogP contribution in [-0.4, -0.2) is 28.2 Å². The van der Waals surface area contributed by atoms with E-state index in [1.807, 2.05) is 24.3 Å². The van der Waals surface area contributed by atoms with Crippen LogP contribution in [0.1, 0.15) is 19.8 Å². The van der Waals surface area contributed by atoms with Crippen LogP contribution in [0.2, 0.25) is 0 Å². The molecule has 0 saturated heterocycles. The molecule has 1 aromatic heterocycles. The molecule has 116 valence electrons. The number of carbonyl (C=O) groups excluding carboxylic acids is 1. The lowest BCUT2D eigenvalue weighted by atomic mass is 10.3. The summed E-state index contributed by atoms with van der Waals surface area (Å²) in [6.07, 6.45) is 5.46. The van der Waals surface area contributed by atoms with Crippen LogP contribution < -0.4 is 10.1 Å². The quantitative estimate of drug-likeness (QED) is 0.459. The van der Waals surface area contributed by atoms with Gasteiger partial charge >= 0.3 is 0 Å². The molecule has 0 radical (unpaired) electrons.